The number of sulfonamides is 1. The Kier molecular flexibility index (Phi) is 5.20. The summed E-state index contributed by atoms with van der Waals surface area (Å²) in [4.78, 5) is 4.18. The van der Waals surface area contributed by atoms with Crippen LogP contribution in [0.2, 0.25) is 0 Å². The van der Waals surface area contributed by atoms with Crippen LogP contribution in [0.1, 0.15) is 12.0 Å². The van der Waals surface area contributed by atoms with Gasteiger partial charge in [0.1, 0.15) is 0 Å². The summed E-state index contributed by atoms with van der Waals surface area (Å²) in [6.07, 6.45) is -4.32. The number of hydrogen-bond donors (Lipinski definition) is 1. The molecule has 2 aromatic rings. The van der Waals surface area contributed by atoms with Gasteiger partial charge in [0, 0.05) is 23.7 Å². The van der Waals surface area contributed by atoms with E-state index in [2.05, 4.69) is 9.71 Å². The highest BCUT2D eigenvalue weighted by Gasteiger charge is 2.29. The van der Waals surface area contributed by atoms with Crippen LogP contribution in [0.5, 0.6) is 0 Å². The number of pyridine rings is 1. The first-order chi connectivity index (χ1) is 10.3. The maximum absolute atomic E-state index is 12.1. The summed E-state index contributed by atoms with van der Waals surface area (Å²) >= 11 is 1.51. The molecule has 0 saturated heterocycles. The van der Waals surface area contributed by atoms with Gasteiger partial charge in [0.2, 0.25) is 10.0 Å². The van der Waals surface area contributed by atoms with Crippen LogP contribution in [0.15, 0.2) is 35.2 Å². The first-order valence-corrected chi connectivity index (χ1v) is 8.86. The third kappa shape index (κ3) is 5.39. The molecule has 0 amide bonds. The summed E-state index contributed by atoms with van der Waals surface area (Å²) in [6.45, 7) is -0.0696. The smallest absolute Gasteiger partial charge is 0.256 e. The molecule has 0 radical (unpaired) electrons. The van der Waals surface area contributed by atoms with Gasteiger partial charge in [0.05, 0.1) is 17.9 Å². The standard InChI is InChI=1S/C13H13F3N2O2S2/c14-13(15,16)3-6-22(19,20)18-8-10-1-4-17-12(7-10)11-2-5-21-9-11/h1-2,4-5,7,9,18H,3,6,8H2. The summed E-state index contributed by atoms with van der Waals surface area (Å²) in [6, 6.07) is 5.20. The highest BCUT2D eigenvalue weighted by molar-refractivity contribution is 7.89. The van der Waals surface area contributed by atoms with Gasteiger partial charge in [0.25, 0.3) is 0 Å². The van der Waals surface area contributed by atoms with E-state index in [1.54, 1.807) is 12.1 Å². The highest BCUT2D eigenvalue weighted by Crippen LogP contribution is 2.21. The van der Waals surface area contributed by atoms with Crippen molar-refractivity contribution in [1.29, 1.82) is 0 Å². The summed E-state index contributed by atoms with van der Waals surface area (Å²) in [5.74, 6) is -0.973. The van der Waals surface area contributed by atoms with E-state index in [-0.39, 0.29) is 6.54 Å². The zero-order valence-corrected chi connectivity index (χ0v) is 12.9. The van der Waals surface area contributed by atoms with Crippen molar-refractivity contribution in [1.82, 2.24) is 9.71 Å². The maximum atomic E-state index is 12.1. The summed E-state index contributed by atoms with van der Waals surface area (Å²) in [7, 11) is -3.97. The van der Waals surface area contributed by atoms with Crippen molar-refractivity contribution < 1.29 is 21.6 Å². The number of alkyl halides is 3. The van der Waals surface area contributed by atoms with Crippen molar-refractivity contribution in [2.45, 2.75) is 19.1 Å². The SMILES string of the molecule is O=S(=O)(CCC(F)(F)F)NCc1ccnc(-c2ccsc2)c1. The van der Waals surface area contributed by atoms with Crippen molar-refractivity contribution in [2.75, 3.05) is 5.75 Å². The summed E-state index contributed by atoms with van der Waals surface area (Å²) in [5.41, 5.74) is 2.23. The van der Waals surface area contributed by atoms with E-state index < -0.39 is 28.4 Å². The minimum absolute atomic E-state index is 0.0696. The van der Waals surface area contributed by atoms with Crippen LogP contribution in [0.25, 0.3) is 11.3 Å². The fourth-order valence-corrected chi connectivity index (χ4v) is 3.35. The van der Waals surface area contributed by atoms with Crippen molar-refractivity contribution in [3.8, 4) is 11.3 Å². The average Bonchev–Trinajstić information content (AvgIpc) is 2.97. The second kappa shape index (κ2) is 6.76. The molecule has 0 aliphatic rings. The Hall–Kier alpha value is -1.45. The van der Waals surface area contributed by atoms with E-state index in [0.717, 1.165) is 5.56 Å². The molecule has 0 unspecified atom stereocenters. The van der Waals surface area contributed by atoms with Crippen LogP contribution < -0.4 is 4.72 Å². The van der Waals surface area contributed by atoms with E-state index in [4.69, 9.17) is 0 Å². The first kappa shape index (κ1) is 16.9. The second-order valence-electron chi connectivity index (χ2n) is 4.57. The molecule has 0 bridgehead atoms. The number of hydrogen-bond acceptors (Lipinski definition) is 4. The lowest BCUT2D eigenvalue weighted by Crippen LogP contribution is -2.28. The van der Waals surface area contributed by atoms with Crippen molar-refractivity contribution in [2.24, 2.45) is 0 Å². The largest absolute Gasteiger partial charge is 0.390 e. The number of rotatable bonds is 6. The Balaban J connectivity index is 1.98. The van der Waals surface area contributed by atoms with Gasteiger partial charge in [-0.1, -0.05) is 0 Å². The van der Waals surface area contributed by atoms with Gasteiger partial charge >= 0.3 is 6.18 Å². The average molecular weight is 350 g/mol. The molecular formula is C13H13F3N2O2S2. The van der Waals surface area contributed by atoms with Crippen molar-refractivity contribution >= 4 is 21.4 Å². The van der Waals surface area contributed by atoms with Crippen LogP contribution >= 0.6 is 11.3 Å². The molecular weight excluding hydrogens is 337 g/mol. The molecule has 0 spiro atoms. The van der Waals surface area contributed by atoms with Gasteiger partial charge in [-0.25, -0.2) is 13.1 Å². The Morgan fingerprint density at radius 3 is 2.68 bits per heavy atom. The Bertz CT molecular complexity index is 713. The minimum Gasteiger partial charge on any atom is -0.256 e. The molecule has 120 valence electrons. The zero-order valence-electron chi connectivity index (χ0n) is 11.3. The van der Waals surface area contributed by atoms with Gasteiger partial charge < -0.3 is 0 Å². The molecule has 22 heavy (non-hydrogen) atoms. The zero-order chi connectivity index (χ0) is 16.2. The minimum atomic E-state index is -4.49. The monoisotopic (exact) mass is 350 g/mol. The molecule has 0 atom stereocenters. The number of thiophene rings is 1. The predicted octanol–water partition coefficient (Wildman–Crippen LogP) is 3.18. The van der Waals surface area contributed by atoms with E-state index in [9.17, 15) is 21.6 Å². The van der Waals surface area contributed by atoms with Crippen LogP contribution in [0, 0.1) is 0 Å². The molecule has 0 aliphatic carbocycles. The van der Waals surface area contributed by atoms with E-state index in [1.165, 1.54) is 17.5 Å². The fraction of sp³-hybridized carbons (Fsp3) is 0.308. The van der Waals surface area contributed by atoms with Crippen LogP contribution in [-0.2, 0) is 16.6 Å². The molecule has 0 saturated carbocycles. The molecule has 4 nitrogen and oxygen atoms in total. The Labute approximate surface area is 130 Å². The van der Waals surface area contributed by atoms with Crippen molar-refractivity contribution in [3.63, 3.8) is 0 Å². The van der Waals surface area contributed by atoms with Gasteiger partial charge in [-0.3, -0.25) is 4.98 Å². The normalized spacial score (nSPS) is 12.5. The lowest BCUT2D eigenvalue weighted by molar-refractivity contribution is -0.129. The van der Waals surface area contributed by atoms with E-state index in [1.807, 2.05) is 16.8 Å². The van der Waals surface area contributed by atoms with Gasteiger partial charge in [0.15, 0.2) is 0 Å². The van der Waals surface area contributed by atoms with Gasteiger partial charge in [-0.15, -0.1) is 0 Å². The molecule has 9 heteroatoms. The van der Waals surface area contributed by atoms with E-state index in [0.29, 0.717) is 11.3 Å². The van der Waals surface area contributed by atoms with Crippen LogP contribution in [0.4, 0.5) is 13.2 Å². The first-order valence-electron chi connectivity index (χ1n) is 6.27. The molecule has 0 aromatic carbocycles. The molecule has 1 N–H and O–H groups in total. The number of nitrogens with one attached hydrogen (secondary N) is 1. The molecule has 0 aliphatic heterocycles. The number of aromatic nitrogens is 1. The highest BCUT2D eigenvalue weighted by atomic mass is 32.2. The van der Waals surface area contributed by atoms with Crippen LogP contribution in [-0.4, -0.2) is 25.3 Å². The lowest BCUT2D eigenvalue weighted by atomic mass is 10.1. The summed E-state index contributed by atoms with van der Waals surface area (Å²) in [5, 5.41) is 3.79. The third-order valence-corrected chi connectivity index (χ3v) is 4.80. The van der Waals surface area contributed by atoms with Gasteiger partial charge in [-0.2, -0.15) is 24.5 Å². The topological polar surface area (TPSA) is 59.1 Å². The number of nitrogens with zero attached hydrogens (tertiary/aromatic N) is 1. The molecule has 2 rings (SSSR count). The second-order valence-corrected chi connectivity index (χ2v) is 7.27. The number of halogens is 3. The fourth-order valence-electron chi connectivity index (χ4n) is 1.67. The lowest BCUT2D eigenvalue weighted by Gasteiger charge is -2.09. The maximum Gasteiger partial charge on any atom is 0.390 e. The predicted molar refractivity (Wildman–Crippen MR) is 78.8 cm³/mol. The van der Waals surface area contributed by atoms with Gasteiger partial charge in [-0.05, 0) is 29.1 Å². The Morgan fingerprint density at radius 1 is 1.27 bits per heavy atom. The molecule has 0 fully saturated rings. The third-order valence-electron chi connectivity index (χ3n) is 2.79. The molecule has 2 heterocycles. The summed E-state index contributed by atoms with van der Waals surface area (Å²) < 4.78 is 61.4. The van der Waals surface area contributed by atoms with Crippen molar-refractivity contribution in [3.05, 3.63) is 40.7 Å². The van der Waals surface area contributed by atoms with E-state index >= 15 is 0 Å². The Morgan fingerprint density at radius 2 is 2.05 bits per heavy atom. The van der Waals surface area contributed by atoms with Crippen LogP contribution in [0.3, 0.4) is 0 Å². The molecule has 2 aromatic heterocycles. The quantitative estimate of drug-likeness (QED) is 0.870.